The topological polar surface area (TPSA) is 17.1 Å². The van der Waals surface area contributed by atoms with Crippen molar-refractivity contribution in [3.8, 4) is 0 Å². The molecule has 0 bridgehead atoms. The Morgan fingerprint density at radius 1 is 1.78 bits per heavy atom. The van der Waals surface area contributed by atoms with Crippen LogP contribution in [0.2, 0.25) is 0 Å². The summed E-state index contributed by atoms with van der Waals surface area (Å²) in [6.07, 6.45) is 4.22. The molecule has 1 fully saturated rings. The third kappa shape index (κ3) is 1.71. The molecule has 0 aromatic heterocycles. The van der Waals surface area contributed by atoms with E-state index in [9.17, 15) is 4.79 Å². The largest absolute Gasteiger partial charge is 0.303 e. The predicted octanol–water partition coefficient (Wildman–Crippen LogP) is 1.67. The number of carbonyl (C=O) groups excluding carboxylic acids is 1. The second-order valence-corrected chi connectivity index (χ2v) is 3.91. The van der Waals surface area contributed by atoms with E-state index in [1.807, 2.05) is 6.92 Å². The summed E-state index contributed by atoms with van der Waals surface area (Å²) >= 11 is 4.23. The Hall–Kier alpha value is 0.0200. The number of carbonyl (C=O) groups is 1. The van der Waals surface area contributed by atoms with E-state index in [0.29, 0.717) is 5.25 Å². The van der Waals surface area contributed by atoms with Gasteiger partial charge in [0.2, 0.25) is 0 Å². The first-order chi connectivity index (χ1) is 4.18. The van der Waals surface area contributed by atoms with Crippen LogP contribution in [0, 0.1) is 5.41 Å². The number of aldehydes is 1. The molecule has 1 rings (SSSR count). The van der Waals surface area contributed by atoms with Crippen molar-refractivity contribution in [2.45, 2.75) is 31.4 Å². The molecule has 1 unspecified atom stereocenters. The molecular formula is C7H12OS. The summed E-state index contributed by atoms with van der Waals surface area (Å²) in [4.78, 5) is 10.4. The van der Waals surface area contributed by atoms with Gasteiger partial charge in [0.25, 0.3) is 0 Å². The van der Waals surface area contributed by atoms with Gasteiger partial charge in [0.1, 0.15) is 6.29 Å². The Morgan fingerprint density at radius 3 is 2.44 bits per heavy atom. The molecule has 9 heavy (non-hydrogen) atoms. The van der Waals surface area contributed by atoms with Crippen LogP contribution in [0.5, 0.6) is 0 Å². The first kappa shape index (κ1) is 7.13. The second-order valence-electron chi connectivity index (χ2n) is 3.03. The Balaban J connectivity index is 2.33. The maximum atomic E-state index is 10.4. The van der Waals surface area contributed by atoms with Crippen LogP contribution in [0.25, 0.3) is 0 Å². The lowest BCUT2D eigenvalue weighted by Crippen LogP contribution is -2.07. The Morgan fingerprint density at radius 2 is 2.33 bits per heavy atom. The van der Waals surface area contributed by atoms with Crippen LogP contribution in [0.4, 0.5) is 0 Å². The Labute approximate surface area is 61.2 Å². The van der Waals surface area contributed by atoms with Crippen LogP contribution < -0.4 is 0 Å². The molecule has 1 aliphatic carbocycles. The van der Waals surface area contributed by atoms with E-state index in [4.69, 9.17) is 0 Å². The van der Waals surface area contributed by atoms with E-state index < -0.39 is 0 Å². The lowest BCUT2D eigenvalue weighted by Gasteiger charge is -2.07. The average Bonchev–Trinajstić information content (AvgIpc) is 2.48. The minimum atomic E-state index is 0.0567. The van der Waals surface area contributed by atoms with Crippen LogP contribution in [-0.2, 0) is 4.79 Å². The van der Waals surface area contributed by atoms with Crippen molar-refractivity contribution in [1.29, 1.82) is 0 Å². The highest BCUT2D eigenvalue weighted by molar-refractivity contribution is 7.80. The molecule has 0 saturated heterocycles. The number of rotatable bonds is 3. The summed E-state index contributed by atoms with van der Waals surface area (Å²) in [7, 11) is 0. The fourth-order valence-electron chi connectivity index (χ4n) is 1.12. The first-order valence-electron chi connectivity index (χ1n) is 3.33. The molecule has 1 nitrogen and oxygen atoms in total. The fourth-order valence-corrected chi connectivity index (χ4v) is 1.48. The van der Waals surface area contributed by atoms with E-state index >= 15 is 0 Å². The normalized spacial score (nSPS) is 25.1. The third-order valence-corrected chi connectivity index (χ3v) is 2.03. The van der Waals surface area contributed by atoms with Crippen molar-refractivity contribution in [3.05, 3.63) is 0 Å². The van der Waals surface area contributed by atoms with Gasteiger partial charge in [0, 0.05) is 5.41 Å². The van der Waals surface area contributed by atoms with Gasteiger partial charge < -0.3 is 4.79 Å². The zero-order chi connectivity index (χ0) is 6.91. The van der Waals surface area contributed by atoms with Crippen LogP contribution in [-0.4, -0.2) is 11.5 Å². The van der Waals surface area contributed by atoms with E-state index in [-0.39, 0.29) is 5.41 Å². The predicted molar refractivity (Wildman–Crippen MR) is 40.8 cm³/mol. The van der Waals surface area contributed by atoms with Crippen molar-refractivity contribution in [2.75, 3.05) is 0 Å². The molecule has 1 aliphatic rings. The van der Waals surface area contributed by atoms with Crippen molar-refractivity contribution in [2.24, 2.45) is 5.41 Å². The first-order valence-corrected chi connectivity index (χ1v) is 3.85. The van der Waals surface area contributed by atoms with Gasteiger partial charge in [-0.25, -0.2) is 0 Å². The molecule has 0 N–H and O–H groups in total. The van der Waals surface area contributed by atoms with Crippen molar-refractivity contribution in [3.63, 3.8) is 0 Å². The lowest BCUT2D eigenvalue weighted by molar-refractivity contribution is -0.112. The molecule has 0 spiro atoms. The molecule has 2 heteroatoms. The zero-order valence-electron chi connectivity index (χ0n) is 5.63. The summed E-state index contributed by atoms with van der Waals surface area (Å²) < 4.78 is 0. The molecule has 0 aromatic rings. The molecule has 0 aromatic carbocycles. The van der Waals surface area contributed by atoms with Gasteiger partial charge in [-0.2, -0.15) is 12.6 Å². The molecule has 1 saturated carbocycles. The number of hydrogen-bond acceptors (Lipinski definition) is 2. The smallest absolute Gasteiger partial charge is 0.126 e. The van der Waals surface area contributed by atoms with Gasteiger partial charge in [-0.3, -0.25) is 0 Å². The standard InChI is InChI=1S/C7H12OS/c1-6(9)4-7(5-8)2-3-7/h5-6,9H,2-4H2,1H3. The number of thiol groups is 1. The summed E-state index contributed by atoms with van der Waals surface area (Å²) in [5, 5.41) is 0.373. The summed E-state index contributed by atoms with van der Waals surface area (Å²) in [5.74, 6) is 0. The van der Waals surface area contributed by atoms with Gasteiger partial charge >= 0.3 is 0 Å². The summed E-state index contributed by atoms with van der Waals surface area (Å²) in [5.41, 5.74) is 0.0567. The molecule has 0 heterocycles. The molecular weight excluding hydrogens is 132 g/mol. The Bertz CT molecular complexity index is 116. The van der Waals surface area contributed by atoms with Crippen LogP contribution in [0.1, 0.15) is 26.2 Å². The van der Waals surface area contributed by atoms with Gasteiger partial charge in [-0.05, 0) is 24.5 Å². The van der Waals surface area contributed by atoms with Crippen molar-refractivity contribution in [1.82, 2.24) is 0 Å². The average molecular weight is 144 g/mol. The van der Waals surface area contributed by atoms with Gasteiger partial charge in [-0.1, -0.05) is 6.92 Å². The van der Waals surface area contributed by atoms with E-state index in [1.54, 1.807) is 0 Å². The molecule has 1 atom stereocenters. The van der Waals surface area contributed by atoms with Crippen LogP contribution >= 0.6 is 12.6 Å². The maximum absolute atomic E-state index is 10.4. The molecule has 0 radical (unpaired) electrons. The molecule has 52 valence electrons. The highest BCUT2D eigenvalue weighted by atomic mass is 32.1. The van der Waals surface area contributed by atoms with E-state index in [2.05, 4.69) is 12.6 Å². The lowest BCUT2D eigenvalue weighted by atomic mass is 10.0. The van der Waals surface area contributed by atoms with Gasteiger partial charge in [0.05, 0.1) is 0 Å². The van der Waals surface area contributed by atoms with Crippen molar-refractivity contribution < 1.29 is 4.79 Å². The highest BCUT2D eigenvalue weighted by Crippen LogP contribution is 2.47. The second kappa shape index (κ2) is 2.33. The van der Waals surface area contributed by atoms with Crippen molar-refractivity contribution >= 4 is 18.9 Å². The minimum absolute atomic E-state index is 0.0567. The third-order valence-electron chi connectivity index (χ3n) is 1.84. The minimum Gasteiger partial charge on any atom is -0.303 e. The quantitative estimate of drug-likeness (QED) is 0.471. The summed E-state index contributed by atoms with van der Waals surface area (Å²) in [6, 6.07) is 0. The van der Waals surface area contributed by atoms with Crippen LogP contribution in [0.15, 0.2) is 0 Å². The van der Waals surface area contributed by atoms with E-state index in [1.165, 1.54) is 0 Å². The monoisotopic (exact) mass is 144 g/mol. The number of hydrogen-bond donors (Lipinski definition) is 1. The maximum Gasteiger partial charge on any atom is 0.126 e. The van der Waals surface area contributed by atoms with Crippen LogP contribution in [0.3, 0.4) is 0 Å². The molecule has 0 aliphatic heterocycles. The van der Waals surface area contributed by atoms with E-state index in [0.717, 1.165) is 25.5 Å². The Kier molecular flexibility index (Phi) is 1.85. The highest BCUT2D eigenvalue weighted by Gasteiger charge is 2.42. The fraction of sp³-hybridized carbons (Fsp3) is 0.857. The molecule has 0 amide bonds. The zero-order valence-corrected chi connectivity index (χ0v) is 6.53. The SMILES string of the molecule is CC(S)CC1(C=O)CC1. The van der Waals surface area contributed by atoms with Gasteiger partial charge in [-0.15, -0.1) is 0 Å². The van der Waals surface area contributed by atoms with Gasteiger partial charge in [0.15, 0.2) is 0 Å². The summed E-state index contributed by atoms with van der Waals surface area (Å²) in [6.45, 7) is 2.03.